The number of benzene rings is 1. The molecule has 102 valence electrons. The predicted molar refractivity (Wildman–Crippen MR) is 78.7 cm³/mol. The SMILES string of the molecule is C=Cc1onc(C=N)c1-c1cc(Br)c(N)c([N+](=O)[O-])c1. The smallest absolute Gasteiger partial charge is 0.293 e. The zero-order valence-corrected chi connectivity index (χ0v) is 11.7. The number of hydrogen-bond acceptors (Lipinski definition) is 6. The van der Waals surface area contributed by atoms with Crippen LogP contribution in [-0.4, -0.2) is 16.3 Å². The van der Waals surface area contributed by atoms with Crippen LogP contribution in [0.4, 0.5) is 11.4 Å². The summed E-state index contributed by atoms with van der Waals surface area (Å²) >= 11 is 3.18. The van der Waals surface area contributed by atoms with Crippen LogP contribution in [0.3, 0.4) is 0 Å². The number of aromatic nitrogens is 1. The van der Waals surface area contributed by atoms with Crippen molar-refractivity contribution in [2.75, 3.05) is 5.73 Å². The average molecular weight is 337 g/mol. The second kappa shape index (κ2) is 5.25. The van der Waals surface area contributed by atoms with Gasteiger partial charge in [-0.2, -0.15) is 0 Å². The van der Waals surface area contributed by atoms with Crippen molar-refractivity contribution in [3.05, 3.63) is 44.8 Å². The quantitative estimate of drug-likeness (QED) is 0.384. The van der Waals surface area contributed by atoms with Gasteiger partial charge in [-0.1, -0.05) is 11.7 Å². The summed E-state index contributed by atoms with van der Waals surface area (Å²) in [6.07, 6.45) is 2.42. The Labute approximate surface area is 121 Å². The molecular weight excluding hydrogens is 328 g/mol. The number of rotatable bonds is 4. The third-order valence-corrected chi connectivity index (χ3v) is 3.32. The molecule has 1 heterocycles. The molecule has 0 fully saturated rings. The van der Waals surface area contributed by atoms with Gasteiger partial charge in [-0.3, -0.25) is 10.1 Å². The van der Waals surface area contributed by atoms with Crippen molar-refractivity contribution < 1.29 is 9.45 Å². The number of nitro groups is 1. The Hall–Kier alpha value is -2.48. The summed E-state index contributed by atoms with van der Waals surface area (Å²) < 4.78 is 5.41. The van der Waals surface area contributed by atoms with Crippen molar-refractivity contribution in [2.45, 2.75) is 0 Å². The number of hydrogen-bond donors (Lipinski definition) is 2. The van der Waals surface area contributed by atoms with Gasteiger partial charge in [0.05, 0.1) is 10.5 Å². The van der Waals surface area contributed by atoms with Gasteiger partial charge in [0.1, 0.15) is 11.4 Å². The van der Waals surface area contributed by atoms with E-state index in [9.17, 15) is 10.1 Å². The Morgan fingerprint density at radius 2 is 2.25 bits per heavy atom. The first-order valence-corrected chi connectivity index (χ1v) is 6.15. The third-order valence-electron chi connectivity index (χ3n) is 2.66. The first kappa shape index (κ1) is 13.9. The molecule has 1 aromatic heterocycles. The van der Waals surface area contributed by atoms with Crippen molar-refractivity contribution >= 4 is 39.6 Å². The van der Waals surface area contributed by atoms with Gasteiger partial charge in [-0.05, 0) is 33.6 Å². The standard InChI is InChI=1S/C12H9BrN4O3/c1-2-10-11(8(5-14)16-20-10)6-3-7(13)12(15)9(4-6)17(18)19/h2-5,14H,1,15H2. The Balaban J connectivity index is 2.76. The number of nitrogens with one attached hydrogen (secondary N) is 1. The highest BCUT2D eigenvalue weighted by molar-refractivity contribution is 9.10. The van der Waals surface area contributed by atoms with E-state index in [4.69, 9.17) is 15.7 Å². The summed E-state index contributed by atoms with van der Waals surface area (Å²) in [7, 11) is 0. The molecule has 0 saturated carbocycles. The van der Waals surface area contributed by atoms with Gasteiger partial charge < -0.3 is 15.7 Å². The molecule has 0 radical (unpaired) electrons. The molecule has 0 atom stereocenters. The van der Waals surface area contributed by atoms with E-state index in [-0.39, 0.29) is 17.1 Å². The Morgan fingerprint density at radius 1 is 1.55 bits per heavy atom. The van der Waals surface area contributed by atoms with Crippen molar-refractivity contribution in [1.29, 1.82) is 5.41 Å². The highest BCUT2D eigenvalue weighted by atomic mass is 79.9. The molecule has 0 aliphatic carbocycles. The van der Waals surface area contributed by atoms with Crippen LogP contribution in [0.5, 0.6) is 0 Å². The molecule has 20 heavy (non-hydrogen) atoms. The van der Waals surface area contributed by atoms with E-state index in [1.165, 1.54) is 12.1 Å². The summed E-state index contributed by atoms with van der Waals surface area (Å²) in [6, 6.07) is 2.92. The van der Waals surface area contributed by atoms with Gasteiger partial charge in [0.25, 0.3) is 5.69 Å². The number of anilines is 1. The summed E-state index contributed by atoms with van der Waals surface area (Å²) in [6.45, 7) is 3.58. The normalized spacial score (nSPS) is 10.2. The van der Waals surface area contributed by atoms with Crippen LogP contribution in [0.1, 0.15) is 11.5 Å². The molecule has 0 amide bonds. The van der Waals surface area contributed by atoms with E-state index < -0.39 is 4.92 Å². The Bertz CT molecular complexity index is 698. The maximum Gasteiger partial charge on any atom is 0.293 e. The average Bonchev–Trinajstić information content (AvgIpc) is 2.84. The molecule has 7 nitrogen and oxygen atoms in total. The lowest BCUT2D eigenvalue weighted by Gasteiger charge is -2.05. The molecule has 1 aromatic carbocycles. The van der Waals surface area contributed by atoms with Gasteiger partial charge in [0.2, 0.25) is 0 Å². The van der Waals surface area contributed by atoms with Crippen molar-refractivity contribution in [3.8, 4) is 11.1 Å². The zero-order chi connectivity index (χ0) is 14.9. The molecule has 2 rings (SSSR count). The molecule has 0 aliphatic rings. The topological polar surface area (TPSA) is 119 Å². The molecule has 0 aliphatic heterocycles. The van der Waals surface area contributed by atoms with E-state index in [0.717, 1.165) is 6.21 Å². The molecule has 3 N–H and O–H groups in total. The van der Waals surface area contributed by atoms with Gasteiger partial charge >= 0.3 is 0 Å². The number of nitrogens with two attached hydrogens (primary N) is 1. The number of nitrogen functional groups attached to an aromatic ring is 1. The maximum absolute atomic E-state index is 11.0. The first-order valence-electron chi connectivity index (χ1n) is 5.36. The predicted octanol–water partition coefficient (Wildman–Crippen LogP) is 3.24. The number of nitro benzene ring substituents is 1. The van der Waals surface area contributed by atoms with Crippen LogP contribution < -0.4 is 5.73 Å². The van der Waals surface area contributed by atoms with Crippen molar-refractivity contribution in [3.63, 3.8) is 0 Å². The van der Waals surface area contributed by atoms with E-state index in [1.54, 1.807) is 6.07 Å². The summed E-state index contributed by atoms with van der Waals surface area (Å²) in [4.78, 5) is 10.4. The summed E-state index contributed by atoms with van der Waals surface area (Å²) in [5, 5.41) is 22.0. The lowest BCUT2D eigenvalue weighted by atomic mass is 10.0. The van der Waals surface area contributed by atoms with E-state index in [1.807, 2.05) is 0 Å². The van der Waals surface area contributed by atoms with E-state index in [2.05, 4.69) is 27.7 Å². The molecule has 0 saturated heterocycles. The van der Waals surface area contributed by atoms with Crippen LogP contribution in [0, 0.1) is 15.5 Å². The summed E-state index contributed by atoms with van der Waals surface area (Å²) in [5.74, 6) is 0.328. The van der Waals surface area contributed by atoms with E-state index >= 15 is 0 Å². The Kier molecular flexibility index (Phi) is 3.66. The number of halogens is 1. The monoisotopic (exact) mass is 336 g/mol. The van der Waals surface area contributed by atoms with E-state index in [0.29, 0.717) is 21.4 Å². The maximum atomic E-state index is 11.0. The second-order valence-corrected chi connectivity index (χ2v) is 4.66. The largest absolute Gasteiger partial charge is 0.392 e. The van der Waals surface area contributed by atoms with Crippen LogP contribution in [0.2, 0.25) is 0 Å². The lowest BCUT2D eigenvalue weighted by molar-refractivity contribution is -0.383. The minimum absolute atomic E-state index is 0.0340. The minimum atomic E-state index is -0.575. The molecule has 0 bridgehead atoms. The number of nitrogens with zero attached hydrogens (tertiary/aromatic N) is 2. The van der Waals surface area contributed by atoms with Crippen LogP contribution >= 0.6 is 15.9 Å². The van der Waals surface area contributed by atoms with Crippen LogP contribution in [0.15, 0.2) is 27.7 Å². The highest BCUT2D eigenvalue weighted by Gasteiger charge is 2.21. The van der Waals surface area contributed by atoms with Gasteiger partial charge in [0.15, 0.2) is 5.76 Å². The molecular formula is C12H9BrN4O3. The fourth-order valence-electron chi connectivity index (χ4n) is 1.74. The van der Waals surface area contributed by atoms with Crippen LogP contribution in [0.25, 0.3) is 17.2 Å². The fourth-order valence-corrected chi connectivity index (χ4v) is 2.19. The second-order valence-electron chi connectivity index (χ2n) is 3.80. The first-order chi connectivity index (χ1) is 9.49. The third kappa shape index (κ3) is 2.21. The van der Waals surface area contributed by atoms with Crippen molar-refractivity contribution in [2.24, 2.45) is 0 Å². The highest BCUT2D eigenvalue weighted by Crippen LogP contribution is 2.37. The molecule has 0 spiro atoms. The Morgan fingerprint density at radius 3 is 2.80 bits per heavy atom. The zero-order valence-electron chi connectivity index (χ0n) is 10.1. The summed E-state index contributed by atoms with van der Waals surface area (Å²) in [5.41, 5.74) is 6.63. The molecule has 0 unspecified atom stereocenters. The van der Waals surface area contributed by atoms with Gasteiger partial charge in [-0.15, -0.1) is 0 Å². The lowest BCUT2D eigenvalue weighted by Crippen LogP contribution is -1.98. The fraction of sp³-hybridized carbons (Fsp3) is 0. The van der Waals surface area contributed by atoms with Gasteiger partial charge in [-0.25, -0.2) is 0 Å². The van der Waals surface area contributed by atoms with Crippen molar-refractivity contribution in [1.82, 2.24) is 5.16 Å². The minimum Gasteiger partial charge on any atom is -0.392 e. The van der Waals surface area contributed by atoms with Gasteiger partial charge in [0, 0.05) is 16.8 Å². The van der Waals surface area contributed by atoms with Crippen LogP contribution in [-0.2, 0) is 0 Å². The molecule has 8 heteroatoms. The molecule has 2 aromatic rings.